The second-order valence-corrected chi connectivity index (χ2v) is 6.49. The van der Waals surface area contributed by atoms with Crippen LogP contribution in [0.1, 0.15) is 33.6 Å². The topological polar surface area (TPSA) is 33.6 Å². The van der Waals surface area contributed by atoms with Gasteiger partial charge in [-0.2, -0.15) is 0 Å². The normalized spacial score (nSPS) is 33.7. The minimum absolute atomic E-state index is 0.204. The molecule has 16 heavy (non-hydrogen) atoms. The first-order chi connectivity index (χ1) is 7.57. The molecule has 0 radical (unpaired) electrons. The zero-order chi connectivity index (χ0) is 11.6. The lowest BCUT2D eigenvalue weighted by Gasteiger charge is -2.33. The van der Waals surface area contributed by atoms with E-state index in [0.29, 0.717) is 12.0 Å². The molecule has 2 aliphatic heterocycles. The van der Waals surface area contributed by atoms with Crippen LogP contribution in [0.2, 0.25) is 0 Å². The van der Waals surface area contributed by atoms with Crippen molar-refractivity contribution in [2.75, 3.05) is 19.0 Å². The van der Waals surface area contributed by atoms with Crippen LogP contribution in [-0.2, 0) is 4.74 Å². The Bertz CT molecular complexity index is 272. The predicted molar refractivity (Wildman–Crippen MR) is 70.1 cm³/mol. The van der Waals surface area contributed by atoms with Crippen molar-refractivity contribution >= 4 is 16.9 Å². The number of nitrogens with zero attached hydrogens (tertiary/aromatic N) is 1. The van der Waals surface area contributed by atoms with E-state index in [1.54, 1.807) is 0 Å². The van der Waals surface area contributed by atoms with Gasteiger partial charge >= 0.3 is 0 Å². The van der Waals surface area contributed by atoms with E-state index < -0.39 is 0 Å². The van der Waals surface area contributed by atoms with Gasteiger partial charge in [-0.05, 0) is 33.6 Å². The number of aliphatic imine (C=N–C) groups is 1. The van der Waals surface area contributed by atoms with Crippen molar-refractivity contribution in [1.82, 2.24) is 5.32 Å². The largest absolute Gasteiger partial charge is 0.381 e. The smallest absolute Gasteiger partial charge is 0.157 e. The van der Waals surface area contributed by atoms with E-state index in [2.05, 4.69) is 26.1 Å². The van der Waals surface area contributed by atoms with Crippen molar-refractivity contribution < 1.29 is 4.74 Å². The molecule has 2 atom stereocenters. The van der Waals surface area contributed by atoms with Crippen LogP contribution in [0.4, 0.5) is 0 Å². The molecule has 2 aliphatic rings. The highest BCUT2D eigenvalue weighted by molar-refractivity contribution is 8.13. The van der Waals surface area contributed by atoms with Gasteiger partial charge in [0, 0.05) is 23.8 Å². The Balaban J connectivity index is 1.94. The number of nitrogens with one attached hydrogen (secondary N) is 1. The molecule has 0 bridgehead atoms. The zero-order valence-electron chi connectivity index (χ0n) is 10.5. The first-order valence-electron chi connectivity index (χ1n) is 6.13. The third kappa shape index (κ3) is 3.14. The standard InChI is InChI=1S/C12H22N2OS/c1-9(10-4-6-15-8-10)13-11-14-12(2,3)5-7-16-11/h9-10H,4-8H2,1-3H3,(H,13,14). The summed E-state index contributed by atoms with van der Waals surface area (Å²) in [6.07, 6.45) is 2.36. The Morgan fingerprint density at radius 3 is 3.00 bits per heavy atom. The molecule has 2 saturated heterocycles. The summed E-state index contributed by atoms with van der Waals surface area (Å²) in [7, 11) is 0. The summed E-state index contributed by atoms with van der Waals surface area (Å²) in [5, 5.41) is 4.64. The highest BCUT2D eigenvalue weighted by Crippen LogP contribution is 2.24. The number of rotatable bonds is 2. The Morgan fingerprint density at radius 1 is 1.56 bits per heavy atom. The SMILES string of the molecule is CC(N=C1NC(C)(C)CCS1)C1CCOC1. The van der Waals surface area contributed by atoms with Crippen LogP contribution < -0.4 is 5.32 Å². The molecule has 2 rings (SSSR count). The van der Waals surface area contributed by atoms with Gasteiger partial charge in [0.15, 0.2) is 5.17 Å². The Hall–Kier alpha value is -0.220. The van der Waals surface area contributed by atoms with Crippen LogP contribution in [0.5, 0.6) is 0 Å². The molecule has 4 heteroatoms. The lowest BCUT2D eigenvalue weighted by atomic mass is 10.0. The number of hydrogen-bond acceptors (Lipinski definition) is 3. The van der Waals surface area contributed by atoms with Crippen LogP contribution >= 0.6 is 11.8 Å². The average Bonchev–Trinajstić information content (AvgIpc) is 2.68. The summed E-state index contributed by atoms with van der Waals surface area (Å²) in [6, 6.07) is 0.381. The highest BCUT2D eigenvalue weighted by atomic mass is 32.2. The number of ether oxygens (including phenoxy) is 1. The van der Waals surface area contributed by atoms with Gasteiger partial charge in [-0.15, -0.1) is 0 Å². The average molecular weight is 242 g/mol. The van der Waals surface area contributed by atoms with Crippen molar-refractivity contribution in [2.45, 2.75) is 45.2 Å². The molecule has 1 N–H and O–H groups in total. The van der Waals surface area contributed by atoms with E-state index in [1.807, 2.05) is 11.8 Å². The Labute approximate surface area is 102 Å². The molecule has 3 nitrogen and oxygen atoms in total. The van der Waals surface area contributed by atoms with Gasteiger partial charge in [0.2, 0.25) is 0 Å². The van der Waals surface area contributed by atoms with Gasteiger partial charge in [-0.3, -0.25) is 4.99 Å². The first kappa shape index (κ1) is 12.2. The van der Waals surface area contributed by atoms with E-state index in [-0.39, 0.29) is 5.54 Å². The van der Waals surface area contributed by atoms with Crippen LogP contribution in [0, 0.1) is 5.92 Å². The molecule has 0 aliphatic carbocycles. The third-order valence-electron chi connectivity index (χ3n) is 3.38. The highest BCUT2D eigenvalue weighted by Gasteiger charge is 2.27. The molecule has 0 amide bonds. The lowest BCUT2D eigenvalue weighted by molar-refractivity contribution is 0.182. The molecule has 0 aromatic rings. The maximum atomic E-state index is 5.41. The fourth-order valence-electron chi connectivity index (χ4n) is 2.08. The van der Waals surface area contributed by atoms with Crippen LogP contribution in [0.15, 0.2) is 4.99 Å². The van der Waals surface area contributed by atoms with Crippen molar-refractivity contribution in [1.29, 1.82) is 0 Å². The van der Waals surface area contributed by atoms with Crippen molar-refractivity contribution in [2.24, 2.45) is 10.9 Å². The molecule has 2 unspecified atom stereocenters. The van der Waals surface area contributed by atoms with Gasteiger partial charge < -0.3 is 10.1 Å². The summed E-state index contributed by atoms with van der Waals surface area (Å²) in [6.45, 7) is 8.48. The van der Waals surface area contributed by atoms with Gasteiger partial charge in [-0.1, -0.05) is 11.8 Å². The molecule has 0 saturated carbocycles. The fraction of sp³-hybridized carbons (Fsp3) is 0.917. The second-order valence-electron chi connectivity index (χ2n) is 5.41. The molecule has 0 aromatic heterocycles. The van der Waals surface area contributed by atoms with E-state index in [0.717, 1.165) is 24.8 Å². The van der Waals surface area contributed by atoms with E-state index >= 15 is 0 Å². The quantitative estimate of drug-likeness (QED) is 0.806. The van der Waals surface area contributed by atoms with Gasteiger partial charge in [-0.25, -0.2) is 0 Å². The number of thioether (sulfide) groups is 1. The summed E-state index contributed by atoms with van der Waals surface area (Å²) < 4.78 is 5.41. The van der Waals surface area contributed by atoms with Crippen LogP contribution in [0.3, 0.4) is 0 Å². The lowest BCUT2D eigenvalue weighted by Crippen LogP contribution is -2.46. The molecule has 0 aromatic carbocycles. The number of amidine groups is 1. The molecule has 0 spiro atoms. The predicted octanol–water partition coefficient (Wildman–Crippen LogP) is 2.27. The molecule has 2 heterocycles. The van der Waals surface area contributed by atoms with E-state index in [4.69, 9.17) is 9.73 Å². The maximum Gasteiger partial charge on any atom is 0.157 e. The van der Waals surface area contributed by atoms with Crippen LogP contribution in [-0.4, -0.2) is 35.7 Å². The van der Waals surface area contributed by atoms with E-state index in [1.165, 1.54) is 12.2 Å². The van der Waals surface area contributed by atoms with E-state index in [9.17, 15) is 0 Å². The zero-order valence-corrected chi connectivity index (χ0v) is 11.3. The molecular formula is C12H22N2OS. The molecule has 2 fully saturated rings. The van der Waals surface area contributed by atoms with Crippen molar-refractivity contribution in [3.8, 4) is 0 Å². The first-order valence-corrected chi connectivity index (χ1v) is 7.12. The Kier molecular flexibility index (Phi) is 3.80. The van der Waals surface area contributed by atoms with Crippen LogP contribution in [0.25, 0.3) is 0 Å². The minimum atomic E-state index is 0.204. The summed E-state index contributed by atoms with van der Waals surface area (Å²) in [5.74, 6) is 1.78. The monoisotopic (exact) mass is 242 g/mol. The molecule has 92 valence electrons. The second kappa shape index (κ2) is 4.96. The van der Waals surface area contributed by atoms with Gasteiger partial charge in [0.25, 0.3) is 0 Å². The summed E-state index contributed by atoms with van der Waals surface area (Å²) in [4.78, 5) is 4.80. The fourth-order valence-corrected chi connectivity index (χ4v) is 3.48. The van der Waals surface area contributed by atoms with Crippen molar-refractivity contribution in [3.63, 3.8) is 0 Å². The maximum absolute atomic E-state index is 5.41. The van der Waals surface area contributed by atoms with Gasteiger partial charge in [0.05, 0.1) is 12.6 Å². The Morgan fingerprint density at radius 2 is 2.38 bits per heavy atom. The van der Waals surface area contributed by atoms with Crippen molar-refractivity contribution in [3.05, 3.63) is 0 Å². The summed E-state index contributed by atoms with van der Waals surface area (Å²) >= 11 is 1.85. The number of hydrogen-bond donors (Lipinski definition) is 1. The van der Waals surface area contributed by atoms with Gasteiger partial charge in [0.1, 0.15) is 0 Å². The summed E-state index contributed by atoms with van der Waals surface area (Å²) in [5.41, 5.74) is 0.204. The minimum Gasteiger partial charge on any atom is -0.381 e. The third-order valence-corrected chi connectivity index (χ3v) is 4.27. The molecular weight excluding hydrogens is 220 g/mol.